The average molecular weight is 353 g/mol. The van der Waals surface area contributed by atoms with Crippen LogP contribution in [-0.4, -0.2) is 9.97 Å². The van der Waals surface area contributed by atoms with Crippen LogP contribution in [0.3, 0.4) is 0 Å². The van der Waals surface area contributed by atoms with Crippen molar-refractivity contribution in [2.45, 2.75) is 53.4 Å². The Labute approximate surface area is 156 Å². The Morgan fingerprint density at radius 1 is 1.16 bits per heavy atom. The largest absolute Gasteiger partial charge is 0.257 e. The van der Waals surface area contributed by atoms with Crippen molar-refractivity contribution in [2.24, 2.45) is 0 Å². The molecule has 1 aromatic carbocycles. The van der Waals surface area contributed by atoms with Crippen LogP contribution < -0.4 is 0 Å². The van der Waals surface area contributed by atoms with E-state index in [9.17, 15) is 0 Å². The summed E-state index contributed by atoms with van der Waals surface area (Å²) in [5.41, 5.74) is 7.02. The Bertz CT molecular complexity index is 781. The molecule has 0 saturated heterocycles. The first-order chi connectivity index (χ1) is 11.7. The Kier molecular flexibility index (Phi) is 6.23. The van der Waals surface area contributed by atoms with Gasteiger partial charge in [0.2, 0.25) is 0 Å². The molecule has 0 amide bonds. The highest BCUT2D eigenvalue weighted by molar-refractivity contribution is 8.05. The predicted molar refractivity (Wildman–Crippen MR) is 111 cm³/mol. The third-order valence-corrected chi connectivity index (χ3v) is 5.07. The van der Waals surface area contributed by atoms with Crippen LogP contribution in [0.15, 0.2) is 47.5 Å². The van der Waals surface area contributed by atoms with Crippen LogP contribution in [0.5, 0.6) is 0 Å². The van der Waals surface area contributed by atoms with Crippen molar-refractivity contribution in [3.63, 3.8) is 0 Å². The summed E-state index contributed by atoms with van der Waals surface area (Å²) in [6, 6.07) is 6.57. The van der Waals surface area contributed by atoms with E-state index in [4.69, 9.17) is 0 Å². The fourth-order valence-corrected chi connectivity index (χ4v) is 3.10. The Morgan fingerprint density at radius 3 is 2.48 bits per heavy atom. The SMILES string of the molecule is C=C(Cc1cc(C)ccc1C)S/C=C(\C)c1cnc(C(C)(C)C)cn1. The van der Waals surface area contributed by atoms with Crippen molar-refractivity contribution in [2.75, 3.05) is 0 Å². The molecule has 25 heavy (non-hydrogen) atoms. The van der Waals surface area contributed by atoms with Crippen LogP contribution >= 0.6 is 11.8 Å². The first kappa shape index (κ1) is 19.5. The molecule has 132 valence electrons. The molecule has 0 aliphatic carbocycles. The van der Waals surface area contributed by atoms with Crippen LogP contribution in [0, 0.1) is 13.8 Å². The van der Waals surface area contributed by atoms with E-state index < -0.39 is 0 Å². The molecule has 1 aromatic heterocycles. The quantitative estimate of drug-likeness (QED) is 0.637. The third-order valence-electron chi connectivity index (χ3n) is 4.12. The van der Waals surface area contributed by atoms with E-state index in [-0.39, 0.29) is 5.41 Å². The molecule has 0 radical (unpaired) electrons. The van der Waals surface area contributed by atoms with Gasteiger partial charge in [-0.05, 0) is 47.8 Å². The zero-order valence-electron chi connectivity index (χ0n) is 16.2. The van der Waals surface area contributed by atoms with Crippen molar-refractivity contribution in [3.05, 3.63) is 75.6 Å². The normalized spacial score (nSPS) is 12.3. The van der Waals surface area contributed by atoms with Gasteiger partial charge >= 0.3 is 0 Å². The van der Waals surface area contributed by atoms with Gasteiger partial charge in [0, 0.05) is 18.0 Å². The summed E-state index contributed by atoms with van der Waals surface area (Å²) in [4.78, 5) is 10.2. The van der Waals surface area contributed by atoms with Gasteiger partial charge < -0.3 is 0 Å². The highest BCUT2D eigenvalue weighted by Crippen LogP contribution is 2.26. The molecule has 0 aliphatic heterocycles. The topological polar surface area (TPSA) is 25.8 Å². The van der Waals surface area contributed by atoms with Crippen LogP contribution in [0.2, 0.25) is 0 Å². The van der Waals surface area contributed by atoms with Gasteiger partial charge in [-0.3, -0.25) is 9.97 Å². The van der Waals surface area contributed by atoms with Crippen molar-refractivity contribution >= 4 is 17.3 Å². The monoisotopic (exact) mass is 352 g/mol. The first-order valence-electron chi connectivity index (χ1n) is 8.57. The van der Waals surface area contributed by atoms with Gasteiger partial charge in [-0.2, -0.15) is 0 Å². The van der Waals surface area contributed by atoms with Gasteiger partial charge in [-0.1, -0.05) is 51.1 Å². The highest BCUT2D eigenvalue weighted by atomic mass is 32.2. The van der Waals surface area contributed by atoms with E-state index in [0.717, 1.165) is 28.3 Å². The molecule has 1 heterocycles. The van der Waals surface area contributed by atoms with Crippen molar-refractivity contribution < 1.29 is 0 Å². The molecule has 0 spiro atoms. The molecule has 0 aliphatic rings. The van der Waals surface area contributed by atoms with Crippen LogP contribution in [0.4, 0.5) is 0 Å². The molecule has 0 saturated carbocycles. The summed E-state index contributed by atoms with van der Waals surface area (Å²) in [5.74, 6) is 0. The molecule has 0 atom stereocenters. The van der Waals surface area contributed by atoms with Crippen molar-refractivity contribution in [1.29, 1.82) is 0 Å². The fraction of sp³-hybridized carbons (Fsp3) is 0.364. The molecular formula is C22H28N2S. The second kappa shape index (κ2) is 8.01. The van der Waals surface area contributed by atoms with Crippen LogP contribution in [0.1, 0.15) is 55.8 Å². The van der Waals surface area contributed by atoms with Gasteiger partial charge in [0.15, 0.2) is 0 Å². The lowest BCUT2D eigenvalue weighted by Crippen LogP contribution is -2.14. The van der Waals surface area contributed by atoms with Gasteiger partial charge in [-0.15, -0.1) is 11.8 Å². The van der Waals surface area contributed by atoms with Crippen molar-refractivity contribution in [1.82, 2.24) is 9.97 Å². The van der Waals surface area contributed by atoms with Gasteiger partial charge in [0.1, 0.15) is 0 Å². The summed E-state index contributed by atoms with van der Waals surface area (Å²) < 4.78 is 0. The maximum Gasteiger partial charge on any atom is 0.0847 e. The number of benzene rings is 1. The molecule has 2 nitrogen and oxygen atoms in total. The minimum atomic E-state index is 0.0257. The molecule has 0 N–H and O–H groups in total. The Hall–Kier alpha value is -1.87. The van der Waals surface area contributed by atoms with Crippen LogP contribution in [0.25, 0.3) is 5.57 Å². The number of thioether (sulfide) groups is 1. The summed E-state index contributed by atoms with van der Waals surface area (Å²) in [5, 5.41) is 2.12. The van der Waals surface area contributed by atoms with E-state index in [0.29, 0.717) is 0 Å². The Morgan fingerprint density at radius 2 is 1.88 bits per heavy atom. The predicted octanol–water partition coefficient (Wildman–Crippen LogP) is 6.24. The molecular weight excluding hydrogens is 324 g/mol. The number of nitrogens with zero attached hydrogens (tertiary/aromatic N) is 2. The minimum Gasteiger partial charge on any atom is -0.257 e. The van der Waals surface area contributed by atoms with E-state index in [2.05, 4.69) is 81.7 Å². The fourth-order valence-electron chi connectivity index (χ4n) is 2.40. The molecule has 3 heteroatoms. The second-order valence-corrected chi connectivity index (χ2v) is 8.65. The van der Waals surface area contributed by atoms with E-state index >= 15 is 0 Å². The van der Waals surface area contributed by atoms with Gasteiger partial charge in [-0.25, -0.2) is 0 Å². The molecule has 0 bridgehead atoms. The number of allylic oxidation sites excluding steroid dienone is 2. The maximum absolute atomic E-state index is 4.56. The number of aromatic nitrogens is 2. The van der Waals surface area contributed by atoms with E-state index in [1.54, 1.807) is 11.8 Å². The van der Waals surface area contributed by atoms with Crippen LogP contribution in [-0.2, 0) is 11.8 Å². The number of aryl methyl sites for hydroxylation is 2. The zero-order valence-corrected chi connectivity index (χ0v) is 17.0. The lowest BCUT2D eigenvalue weighted by molar-refractivity contribution is 0.565. The zero-order chi connectivity index (χ0) is 18.6. The van der Waals surface area contributed by atoms with Gasteiger partial charge in [0.25, 0.3) is 0 Å². The summed E-state index contributed by atoms with van der Waals surface area (Å²) in [7, 11) is 0. The third kappa shape index (κ3) is 5.57. The van der Waals surface area contributed by atoms with E-state index in [1.165, 1.54) is 16.7 Å². The summed E-state index contributed by atoms with van der Waals surface area (Å²) in [6.45, 7) is 17.0. The molecule has 0 unspecified atom stereocenters. The molecule has 0 fully saturated rings. The number of hydrogen-bond acceptors (Lipinski definition) is 3. The smallest absolute Gasteiger partial charge is 0.0847 e. The number of rotatable bonds is 5. The highest BCUT2D eigenvalue weighted by Gasteiger charge is 2.15. The second-order valence-electron chi connectivity index (χ2n) is 7.60. The summed E-state index contributed by atoms with van der Waals surface area (Å²) >= 11 is 1.67. The summed E-state index contributed by atoms with van der Waals surface area (Å²) in [6.07, 6.45) is 4.62. The molecule has 2 rings (SSSR count). The first-order valence-corrected chi connectivity index (χ1v) is 9.45. The lowest BCUT2D eigenvalue weighted by atomic mass is 9.93. The maximum atomic E-state index is 4.56. The standard InChI is InChI=1S/C22H28N2S/c1-15-8-9-16(2)19(10-15)11-18(4)25-14-17(3)20-12-24-21(13-23-20)22(5,6)7/h8-10,12-14H,4,11H2,1-3,5-7H3/b17-14+. The van der Waals surface area contributed by atoms with E-state index in [1.807, 2.05) is 12.4 Å². The number of hydrogen-bond donors (Lipinski definition) is 0. The molecule has 2 aromatic rings. The Balaban J connectivity index is 2.03. The average Bonchev–Trinajstić information content (AvgIpc) is 2.55. The minimum absolute atomic E-state index is 0.0257. The lowest BCUT2D eigenvalue weighted by Gasteiger charge is -2.17. The van der Waals surface area contributed by atoms with Gasteiger partial charge in [0.05, 0.1) is 17.6 Å². The van der Waals surface area contributed by atoms with Crippen molar-refractivity contribution in [3.8, 4) is 0 Å².